The predicted molar refractivity (Wildman–Crippen MR) is 71.3 cm³/mol. The smallest absolute Gasteiger partial charge is 0.138 e. The summed E-state index contributed by atoms with van der Waals surface area (Å²) >= 11 is 1.96. The maximum atomic E-state index is 4.27. The van der Waals surface area contributed by atoms with Crippen molar-refractivity contribution in [3.8, 4) is 0 Å². The van der Waals surface area contributed by atoms with Crippen molar-refractivity contribution in [3.63, 3.8) is 0 Å². The molecule has 1 unspecified atom stereocenters. The SMILES string of the molecule is CCSCC(C)Nc1cccc2nccn12. The Morgan fingerprint density at radius 2 is 2.38 bits per heavy atom. The van der Waals surface area contributed by atoms with E-state index >= 15 is 0 Å². The molecule has 4 heteroatoms. The number of pyridine rings is 1. The second-order valence-corrected chi connectivity index (χ2v) is 5.09. The lowest BCUT2D eigenvalue weighted by Gasteiger charge is -2.15. The van der Waals surface area contributed by atoms with Crippen LogP contribution in [0.15, 0.2) is 30.6 Å². The molecule has 16 heavy (non-hydrogen) atoms. The number of hydrogen-bond acceptors (Lipinski definition) is 3. The number of rotatable bonds is 5. The number of aromatic nitrogens is 2. The molecule has 0 amide bonds. The van der Waals surface area contributed by atoms with Crippen LogP contribution < -0.4 is 5.32 Å². The van der Waals surface area contributed by atoms with Crippen molar-refractivity contribution in [2.75, 3.05) is 16.8 Å². The topological polar surface area (TPSA) is 29.3 Å². The number of hydrogen-bond donors (Lipinski definition) is 1. The third kappa shape index (κ3) is 2.50. The molecule has 0 aromatic carbocycles. The van der Waals surface area contributed by atoms with Crippen LogP contribution in [0.25, 0.3) is 5.65 Å². The minimum absolute atomic E-state index is 0.470. The molecule has 2 aromatic rings. The van der Waals surface area contributed by atoms with E-state index in [0.717, 1.165) is 17.2 Å². The average Bonchev–Trinajstić information content (AvgIpc) is 2.75. The summed E-state index contributed by atoms with van der Waals surface area (Å²) in [7, 11) is 0. The fraction of sp³-hybridized carbons (Fsp3) is 0.417. The van der Waals surface area contributed by atoms with Crippen LogP contribution in [0.5, 0.6) is 0 Å². The molecule has 0 spiro atoms. The quantitative estimate of drug-likeness (QED) is 0.864. The lowest BCUT2D eigenvalue weighted by Crippen LogP contribution is -2.19. The van der Waals surface area contributed by atoms with Gasteiger partial charge in [0.25, 0.3) is 0 Å². The Bertz CT molecular complexity index is 452. The minimum Gasteiger partial charge on any atom is -0.368 e. The first kappa shape index (κ1) is 11.3. The molecular weight excluding hydrogens is 218 g/mol. The van der Waals surface area contributed by atoms with Gasteiger partial charge in [-0.1, -0.05) is 13.0 Å². The Morgan fingerprint density at radius 1 is 1.50 bits per heavy atom. The molecule has 2 aromatic heterocycles. The Morgan fingerprint density at radius 3 is 3.19 bits per heavy atom. The molecule has 0 aliphatic carbocycles. The van der Waals surface area contributed by atoms with Gasteiger partial charge in [0.15, 0.2) is 0 Å². The first-order valence-corrected chi connectivity index (χ1v) is 6.73. The van der Waals surface area contributed by atoms with Gasteiger partial charge in [-0.3, -0.25) is 4.40 Å². The fourth-order valence-electron chi connectivity index (χ4n) is 1.65. The van der Waals surface area contributed by atoms with E-state index in [1.807, 2.05) is 36.3 Å². The lowest BCUT2D eigenvalue weighted by molar-refractivity contribution is 0.895. The summed E-state index contributed by atoms with van der Waals surface area (Å²) in [6, 6.07) is 6.60. The van der Waals surface area contributed by atoms with Gasteiger partial charge in [0.05, 0.1) is 0 Å². The molecule has 0 radical (unpaired) electrons. The highest BCUT2D eigenvalue weighted by Gasteiger charge is 2.04. The van der Waals surface area contributed by atoms with E-state index in [2.05, 4.69) is 34.6 Å². The van der Waals surface area contributed by atoms with Gasteiger partial charge < -0.3 is 5.32 Å². The van der Waals surface area contributed by atoms with Gasteiger partial charge in [-0.15, -0.1) is 0 Å². The molecular formula is C12H17N3S. The molecule has 2 rings (SSSR count). The van der Waals surface area contributed by atoms with Gasteiger partial charge in [0.2, 0.25) is 0 Å². The van der Waals surface area contributed by atoms with Crippen molar-refractivity contribution >= 4 is 23.2 Å². The summed E-state index contributed by atoms with van der Waals surface area (Å²) in [6.07, 6.45) is 3.81. The standard InChI is InChI=1S/C12H17N3S/c1-3-16-9-10(2)14-12-6-4-5-11-13-7-8-15(11)12/h4-8,10,14H,3,9H2,1-2H3. The zero-order valence-corrected chi connectivity index (χ0v) is 10.5. The first-order chi connectivity index (χ1) is 7.81. The van der Waals surface area contributed by atoms with Gasteiger partial charge >= 0.3 is 0 Å². The maximum absolute atomic E-state index is 4.27. The van der Waals surface area contributed by atoms with E-state index < -0.39 is 0 Å². The second-order valence-electron chi connectivity index (χ2n) is 3.77. The van der Waals surface area contributed by atoms with Crippen LogP contribution in [0, 0.1) is 0 Å². The molecule has 0 saturated carbocycles. The number of thioether (sulfide) groups is 1. The molecule has 3 nitrogen and oxygen atoms in total. The normalized spacial score (nSPS) is 12.9. The minimum atomic E-state index is 0.470. The summed E-state index contributed by atoms with van der Waals surface area (Å²) in [4.78, 5) is 4.27. The van der Waals surface area contributed by atoms with E-state index in [1.54, 1.807) is 0 Å². The predicted octanol–water partition coefficient (Wildman–Crippen LogP) is 2.89. The van der Waals surface area contributed by atoms with Crippen molar-refractivity contribution in [1.82, 2.24) is 9.38 Å². The van der Waals surface area contributed by atoms with Crippen molar-refractivity contribution in [1.29, 1.82) is 0 Å². The Balaban J connectivity index is 2.11. The third-order valence-electron chi connectivity index (χ3n) is 2.39. The Kier molecular flexibility index (Phi) is 3.72. The van der Waals surface area contributed by atoms with Crippen molar-refractivity contribution in [2.45, 2.75) is 19.9 Å². The molecule has 86 valence electrons. The number of anilines is 1. The number of imidazole rings is 1. The molecule has 0 bridgehead atoms. The summed E-state index contributed by atoms with van der Waals surface area (Å²) < 4.78 is 2.08. The zero-order chi connectivity index (χ0) is 11.4. The highest BCUT2D eigenvalue weighted by atomic mass is 32.2. The van der Waals surface area contributed by atoms with Crippen LogP contribution in [0.3, 0.4) is 0 Å². The van der Waals surface area contributed by atoms with Gasteiger partial charge in [0.1, 0.15) is 11.5 Å². The molecule has 0 saturated heterocycles. The van der Waals surface area contributed by atoms with E-state index in [-0.39, 0.29) is 0 Å². The van der Waals surface area contributed by atoms with Gasteiger partial charge in [-0.05, 0) is 24.8 Å². The number of nitrogens with one attached hydrogen (secondary N) is 1. The van der Waals surface area contributed by atoms with Crippen molar-refractivity contribution in [3.05, 3.63) is 30.6 Å². The third-order valence-corrected chi connectivity index (χ3v) is 3.54. The van der Waals surface area contributed by atoms with Gasteiger partial charge in [-0.25, -0.2) is 4.98 Å². The van der Waals surface area contributed by atoms with Crippen LogP contribution in [0.4, 0.5) is 5.82 Å². The lowest BCUT2D eigenvalue weighted by atomic mass is 10.3. The van der Waals surface area contributed by atoms with E-state index in [9.17, 15) is 0 Å². The van der Waals surface area contributed by atoms with Crippen LogP contribution in [-0.2, 0) is 0 Å². The highest BCUT2D eigenvalue weighted by Crippen LogP contribution is 2.13. The van der Waals surface area contributed by atoms with Crippen molar-refractivity contribution in [2.24, 2.45) is 0 Å². The van der Waals surface area contributed by atoms with Gasteiger partial charge in [-0.2, -0.15) is 11.8 Å². The monoisotopic (exact) mass is 235 g/mol. The Labute approximate surface area is 100 Å². The largest absolute Gasteiger partial charge is 0.368 e. The molecule has 1 atom stereocenters. The summed E-state index contributed by atoms with van der Waals surface area (Å²) in [6.45, 7) is 4.40. The van der Waals surface area contributed by atoms with Gasteiger partial charge in [0, 0.05) is 24.2 Å². The molecule has 0 aliphatic heterocycles. The summed E-state index contributed by atoms with van der Waals surface area (Å²) in [5, 5.41) is 3.51. The summed E-state index contributed by atoms with van der Waals surface area (Å²) in [5.41, 5.74) is 0.986. The zero-order valence-electron chi connectivity index (χ0n) is 9.68. The second kappa shape index (κ2) is 5.25. The van der Waals surface area contributed by atoms with Crippen LogP contribution in [0.2, 0.25) is 0 Å². The van der Waals surface area contributed by atoms with E-state index in [1.165, 1.54) is 5.75 Å². The van der Waals surface area contributed by atoms with E-state index in [4.69, 9.17) is 0 Å². The number of fused-ring (bicyclic) bond motifs is 1. The van der Waals surface area contributed by atoms with Crippen LogP contribution >= 0.6 is 11.8 Å². The molecule has 1 N–H and O–H groups in total. The molecule has 0 aliphatic rings. The van der Waals surface area contributed by atoms with Crippen LogP contribution in [0.1, 0.15) is 13.8 Å². The summed E-state index contributed by atoms with van der Waals surface area (Å²) in [5.74, 6) is 3.40. The average molecular weight is 235 g/mol. The number of nitrogens with zero attached hydrogens (tertiary/aromatic N) is 2. The maximum Gasteiger partial charge on any atom is 0.138 e. The highest BCUT2D eigenvalue weighted by molar-refractivity contribution is 7.99. The van der Waals surface area contributed by atoms with Crippen LogP contribution in [-0.4, -0.2) is 26.9 Å². The first-order valence-electron chi connectivity index (χ1n) is 5.57. The van der Waals surface area contributed by atoms with E-state index in [0.29, 0.717) is 6.04 Å². The van der Waals surface area contributed by atoms with Crippen molar-refractivity contribution < 1.29 is 0 Å². The molecule has 0 fully saturated rings. The fourth-order valence-corrected chi connectivity index (χ4v) is 2.33. The Hall–Kier alpha value is -1.16. The molecule has 2 heterocycles.